The zero-order valence-electron chi connectivity index (χ0n) is 10.9. The van der Waals surface area contributed by atoms with Crippen molar-refractivity contribution in [2.75, 3.05) is 5.43 Å². The van der Waals surface area contributed by atoms with E-state index in [1.54, 1.807) is 6.21 Å². The first kappa shape index (κ1) is 15.1. The molecule has 2 aromatic rings. The molecule has 6 heteroatoms. The van der Waals surface area contributed by atoms with E-state index in [4.69, 9.17) is 34.8 Å². The van der Waals surface area contributed by atoms with Crippen LogP contribution in [0.3, 0.4) is 0 Å². The van der Waals surface area contributed by atoms with E-state index >= 15 is 0 Å². The standard InChI is InChI=1S/C14H12Cl3N3/c1-8-3-4-9(2)10(5-8)7-18-20-14-12(16)6-11(15)13(17)19-14/h3-7H,1-2H3,(H,19,20). The molecule has 104 valence electrons. The van der Waals surface area contributed by atoms with Crippen LogP contribution < -0.4 is 5.43 Å². The second-order valence-electron chi connectivity index (χ2n) is 4.32. The number of halogens is 3. The van der Waals surface area contributed by atoms with E-state index in [1.165, 1.54) is 11.6 Å². The summed E-state index contributed by atoms with van der Waals surface area (Å²) in [5, 5.41) is 4.97. The molecule has 0 atom stereocenters. The summed E-state index contributed by atoms with van der Waals surface area (Å²) in [6.07, 6.45) is 1.71. The van der Waals surface area contributed by atoms with E-state index in [-0.39, 0.29) is 5.15 Å². The number of pyridine rings is 1. The van der Waals surface area contributed by atoms with Gasteiger partial charge in [-0.3, -0.25) is 5.43 Å². The van der Waals surface area contributed by atoms with Crippen molar-refractivity contribution in [3.05, 3.63) is 56.2 Å². The number of hydrogen-bond acceptors (Lipinski definition) is 3. The van der Waals surface area contributed by atoms with E-state index in [2.05, 4.69) is 21.6 Å². The van der Waals surface area contributed by atoms with Gasteiger partial charge in [-0.2, -0.15) is 5.10 Å². The molecule has 0 fully saturated rings. The Morgan fingerprint density at radius 2 is 1.85 bits per heavy atom. The number of anilines is 1. The van der Waals surface area contributed by atoms with Gasteiger partial charge in [0.05, 0.1) is 16.3 Å². The van der Waals surface area contributed by atoms with Crippen LogP contribution in [0.5, 0.6) is 0 Å². The lowest BCUT2D eigenvalue weighted by Gasteiger charge is -2.05. The molecule has 0 bridgehead atoms. The van der Waals surface area contributed by atoms with Gasteiger partial charge in [0.25, 0.3) is 0 Å². The highest BCUT2D eigenvalue weighted by atomic mass is 35.5. The molecule has 0 spiro atoms. The van der Waals surface area contributed by atoms with Crippen molar-refractivity contribution in [3.8, 4) is 0 Å². The van der Waals surface area contributed by atoms with Crippen molar-refractivity contribution in [2.45, 2.75) is 13.8 Å². The van der Waals surface area contributed by atoms with E-state index in [0.29, 0.717) is 15.9 Å². The molecule has 0 saturated heterocycles. The molecule has 0 aliphatic rings. The van der Waals surface area contributed by atoms with E-state index in [9.17, 15) is 0 Å². The second kappa shape index (κ2) is 6.44. The van der Waals surface area contributed by atoms with Crippen molar-refractivity contribution in [1.82, 2.24) is 4.98 Å². The summed E-state index contributed by atoms with van der Waals surface area (Å²) in [6, 6.07) is 7.66. The lowest BCUT2D eigenvalue weighted by Crippen LogP contribution is -1.96. The zero-order valence-corrected chi connectivity index (χ0v) is 13.2. The molecule has 0 saturated carbocycles. The molecule has 1 aromatic carbocycles. The van der Waals surface area contributed by atoms with E-state index in [1.807, 2.05) is 26.0 Å². The summed E-state index contributed by atoms with van der Waals surface area (Å²) >= 11 is 17.6. The average Bonchev–Trinajstić information content (AvgIpc) is 2.39. The fourth-order valence-electron chi connectivity index (χ4n) is 1.58. The summed E-state index contributed by atoms with van der Waals surface area (Å²) in [7, 11) is 0. The third-order valence-electron chi connectivity index (χ3n) is 2.70. The molecule has 0 aliphatic heterocycles. The van der Waals surface area contributed by atoms with Crippen molar-refractivity contribution in [2.24, 2.45) is 5.10 Å². The summed E-state index contributed by atoms with van der Waals surface area (Å²) in [5.41, 5.74) is 6.08. The molecule has 1 aromatic heterocycles. The summed E-state index contributed by atoms with van der Waals surface area (Å²) in [6.45, 7) is 4.05. The van der Waals surface area contributed by atoms with Gasteiger partial charge >= 0.3 is 0 Å². The van der Waals surface area contributed by atoms with Crippen LogP contribution in [-0.2, 0) is 0 Å². The number of hydrazone groups is 1. The maximum Gasteiger partial charge on any atom is 0.166 e. The van der Waals surface area contributed by atoms with E-state index < -0.39 is 0 Å². The minimum atomic E-state index is 0.181. The summed E-state index contributed by atoms with van der Waals surface area (Å²) in [5.74, 6) is 0.364. The summed E-state index contributed by atoms with van der Waals surface area (Å²) in [4.78, 5) is 4.02. The van der Waals surface area contributed by atoms with Crippen LogP contribution in [0.4, 0.5) is 5.82 Å². The Morgan fingerprint density at radius 3 is 2.60 bits per heavy atom. The molecule has 0 aliphatic carbocycles. The topological polar surface area (TPSA) is 37.3 Å². The molecule has 1 heterocycles. The predicted molar refractivity (Wildman–Crippen MR) is 86.4 cm³/mol. The van der Waals surface area contributed by atoms with Crippen LogP contribution in [0.1, 0.15) is 16.7 Å². The number of aromatic nitrogens is 1. The molecule has 3 nitrogen and oxygen atoms in total. The van der Waals surface area contributed by atoms with Gasteiger partial charge in [0, 0.05) is 0 Å². The van der Waals surface area contributed by atoms with Gasteiger partial charge in [-0.05, 0) is 31.0 Å². The number of nitrogens with zero attached hydrogens (tertiary/aromatic N) is 2. The fraction of sp³-hybridized carbons (Fsp3) is 0.143. The lowest BCUT2D eigenvalue weighted by molar-refractivity contribution is 1.23. The number of aryl methyl sites for hydroxylation is 2. The van der Waals surface area contributed by atoms with Crippen LogP contribution in [0.25, 0.3) is 0 Å². The van der Waals surface area contributed by atoms with Crippen molar-refractivity contribution in [3.63, 3.8) is 0 Å². The molecule has 0 unspecified atom stereocenters. The quantitative estimate of drug-likeness (QED) is 0.483. The number of benzene rings is 1. The first-order valence-corrected chi connectivity index (χ1v) is 6.98. The monoisotopic (exact) mass is 327 g/mol. The Kier molecular flexibility index (Phi) is 4.86. The summed E-state index contributed by atoms with van der Waals surface area (Å²) < 4.78 is 0. The van der Waals surface area contributed by atoms with Crippen LogP contribution in [-0.4, -0.2) is 11.2 Å². The normalized spacial score (nSPS) is 11.1. The van der Waals surface area contributed by atoms with Crippen LogP contribution in [0, 0.1) is 13.8 Å². The first-order valence-electron chi connectivity index (χ1n) is 5.85. The highest BCUT2D eigenvalue weighted by Gasteiger charge is 2.06. The number of rotatable bonds is 3. The van der Waals surface area contributed by atoms with Crippen LogP contribution in [0.15, 0.2) is 29.4 Å². The molecule has 0 radical (unpaired) electrons. The third kappa shape index (κ3) is 3.63. The number of nitrogens with one attached hydrogen (secondary N) is 1. The van der Waals surface area contributed by atoms with Crippen molar-refractivity contribution in [1.29, 1.82) is 0 Å². The van der Waals surface area contributed by atoms with Crippen molar-refractivity contribution >= 4 is 46.8 Å². The van der Waals surface area contributed by atoms with Gasteiger partial charge in [-0.15, -0.1) is 0 Å². The second-order valence-corrected chi connectivity index (χ2v) is 5.49. The Hall–Kier alpha value is -1.29. The van der Waals surface area contributed by atoms with E-state index in [0.717, 1.165) is 11.1 Å². The Balaban J connectivity index is 2.18. The molecular weight excluding hydrogens is 317 g/mol. The smallest absolute Gasteiger partial charge is 0.166 e. The Morgan fingerprint density at radius 1 is 1.10 bits per heavy atom. The maximum absolute atomic E-state index is 6.00. The van der Waals surface area contributed by atoms with Gasteiger partial charge in [0.1, 0.15) is 5.15 Å². The highest BCUT2D eigenvalue weighted by molar-refractivity contribution is 6.42. The zero-order chi connectivity index (χ0) is 14.7. The van der Waals surface area contributed by atoms with Gasteiger partial charge in [0.15, 0.2) is 5.82 Å². The van der Waals surface area contributed by atoms with Crippen LogP contribution >= 0.6 is 34.8 Å². The molecule has 20 heavy (non-hydrogen) atoms. The van der Waals surface area contributed by atoms with Gasteiger partial charge in [-0.1, -0.05) is 58.6 Å². The average molecular weight is 329 g/mol. The molecular formula is C14H12Cl3N3. The fourth-order valence-corrected chi connectivity index (χ4v) is 2.12. The molecule has 2 rings (SSSR count). The number of hydrogen-bond donors (Lipinski definition) is 1. The van der Waals surface area contributed by atoms with Gasteiger partial charge in [-0.25, -0.2) is 4.98 Å². The van der Waals surface area contributed by atoms with Crippen molar-refractivity contribution < 1.29 is 0 Å². The SMILES string of the molecule is Cc1ccc(C)c(C=NNc2nc(Cl)c(Cl)cc2Cl)c1. The minimum absolute atomic E-state index is 0.181. The lowest BCUT2D eigenvalue weighted by atomic mass is 10.1. The highest BCUT2D eigenvalue weighted by Crippen LogP contribution is 2.28. The van der Waals surface area contributed by atoms with Gasteiger partial charge < -0.3 is 0 Å². The molecule has 0 amide bonds. The van der Waals surface area contributed by atoms with Gasteiger partial charge in [0.2, 0.25) is 0 Å². The predicted octanol–water partition coefficient (Wildman–Crippen LogP) is 5.10. The first-order chi connectivity index (χ1) is 9.47. The minimum Gasteiger partial charge on any atom is -0.260 e. The third-order valence-corrected chi connectivity index (χ3v) is 3.66. The maximum atomic E-state index is 6.00. The Labute approximate surface area is 132 Å². The largest absolute Gasteiger partial charge is 0.260 e. The molecule has 1 N–H and O–H groups in total. The Bertz CT molecular complexity index is 669. The van der Waals surface area contributed by atoms with Crippen LogP contribution in [0.2, 0.25) is 15.2 Å².